The second kappa shape index (κ2) is 26.6. The monoisotopic (exact) mass is 390 g/mol. The van der Waals surface area contributed by atoms with E-state index >= 15 is 0 Å². The number of unbranched alkanes of at least 4 members (excludes halogenated alkanes) is 22. The van der Waals surface area contributed by atoms with Gasteiger partial charge in [-0.25, -0.2) is 0 Å². The molecule has 0 fully saturated rings. The average molecular weight is 391 g/mol. The molecule has 0 saturated heterocycles. The molecule has 0 aromatic heterocycles. The zero-order chi connectivity index (χ0) is 20.4. The third kappa shape index (κ3) is 25.6. The Labute approximate surface area is 180 Å². The van der Waals surface area contributed by atoms with E-state index in [4.69, 9.17) is 0 Å². The Balaban J connectivity index is 3.03. The first-order valence-electron chi connectivity index (χ1n) is 13.4. The Morgan fingerprint density at radius 1 is 0.286 bits per heavy atom. The minimum Gasteiger partial charge on any atom is -0.103 e. The fourth-order valence-electron chi connectivity index (χ4n) is 3.93. The number of hydrogen-bond acceptors (Lipinski definition) is 0. The summed E-state index contributed by atoms with van der Waals surface area (Å²) < 4.78 is 0. The number of rotatable bonds is 22. The van der Waals surface area contributed by atoms with E-state index in [1.807, 2.05) is 0 Å². The molecule has 0 aliphatic heterocycles. The van der Waals surface area contributed by atoms with Crippen molar-refractivity contribution >= 4 is 0 Å². The highest BCUT2D eigenvalue weighted by atomic mass is 14.0. The maximum Gasteiger partial charge on any atom is 0.00886 e. The average Bonchev–Trinajstić information content (AvgIpc) is 2.71. The first-order valence-corrected chi connectivity index (χ1v) is 13.4. The Hall–Kier alpha value is -0.440. The zero-order valence-electron chi connectivity index (χ0n) is 20.0. The summed E-state index contributed by atoms with van der Waals surface area (Å²) in [6.45, 7) is 4.56. The summed E-state index contributed by atoms with van der Waals surface area (Å²) >= 11 is 0. The molecule has 0 radical (unpaired) electrons. The van der Waals surface area contributed by atoms with E-state index in [1.165, 1.54) is 141 Å². The molecule has 0 aromatic rings. The Kier molecular flexibility index (Phi) is 26.1. The lowest BCUT2D eigenvalue weighted by Crippen LogP contribution is -1.84. The summed E-state index contributed by atoms with van der Waals surface area (Å²) in [6, 6.07) is 0. The molecule has 0 bridgehead atoms. The summed E-state index contributed by atoms with van der Waals surface area (Å²) in [5, 5.41) is 0. The fourth-order valence-corrected chi connectivity index (χ4v) is 3.93. The van der Waals surface area contributed by atoms with Crippen LogP contribution in [0, 0.1) is 11.8 Å². The van der Waals surface area contributed by atoms with Crippen molar-refractivity contribution in [3.05, 3.63) is 0 Å². The minimum absolute atomic E-state index is 1.12. The predicted octanol–water partition coefficient (Wildman–Crippen LogP) is 10.4. The summed E-state index contributed by atoms with van der Waals surface area (Å²) in [7, 11) is 0. The van der Waals surface area contributed by atoms with Crippen molar-refractivity contribution in [3.63, 3.8) is 0 Å². The lowest BCUT2D eigenvalue weighted by atomic mass is 10.0. The molecule has 0 aliphatic carbocycles. The Morgan fingerprint density at radius 3 is 0.821 bits per heavy atom. The third-order valence-electron chi connectivity index (χ3n) is 5.94. The predicted molar refractivity (Wildman–Crippen MR) is 130 cm³/mol. The molecule has 0 saturated carbocycles. The van der Waals surface area contributed by atoms with E-state index in [0.717, 1.165) is 12.8 Å². The molecule has 0 aromatic carbocycles. The summed E-state index contributed by atoms with van der Waals surface area (Å²) in [5.74, 6) is 6.68. The van der Waals surface area contributed by atoms with Crippen LogP contribution in [0.4, 0.5) is 0 Å². The van der Waals surface area contributed by atoms with Crippen LogP contribution in [-0.2, 0) is 0 Å². The highest BCUT2D eigenvalue weighted by Crippen LogP contribution is 2.14. The van der Waals surface area contributed by atoms with E-state index in [9.17, 15) is 0 Å². The molecule has 0 amide bonds. The zero-order valence-corrected chi connectivity index (χ0v) is 20.0. The lowest BCUT2D eigenvalue weighted by Gasteiger charge is -2.03. The van der Waals surface area contributed by atoms with Crippen LogP contribution in [0.3, 0.4) is 0 Å². The maximum absolute atomic E-state index is 3.35. The first kappa shape index (κ1) is 27.6. The molecule has 0 nitrogen and oxygen atoms in total. The van der Waals surface area contributed by atoms with Gasteiger partial charge >= 0.3 is 0 Å². The van der Waals surface area contributed by atoms with E-state index < -0.39 is 0 Å². The third-order valence-corrected chi connectivity index (χ3v) is 5.94. The Morgan fingerprint density at radius 2 is 0.500 bits per heavy atom. The van der Waals surface area contributed by atoms with Gasteiger partial charge in [-0.05, 0) is 12.8 Å². The van der Waals surface area contributed by atoms with E-state index in [-0.39, 0.29) is 0 Å². The molecule has 166 valence electrons. The quantitative estimate of drug-likeness (QED) is 0.127. The minimum atomic E-state index is 1.12. The fraction of sp³-hybridized carbons (Fsp3) is 0.929. The van der Waals surface area contributed by atoms with Gasteiger partial charge in [0.2, 0.25) is 0 Å². The van der Waals surface area contributed by atoms with Crippen molar-refractivity contribution in [2.75, 3.05) is 0 Å². The number of hydrogen-bond donors (Lipinski definition) is 0. The topological polar surface area (TPSA) is 0 Å². The van der Waals surface area contributed by atoms with Gasteiger partial charge in [-0.3, -0.25) is 0 Å². The molecule has 0 atom stereocenters. The molecule has 28 heavy (non-hydrogen) atoms. The smallest absolute Gasteiger partial charge is 0.00886 e. The summed E-state index contributed by atoms with van der Waals surface area (Å²) in [4.78, 5) is 0. The van der Waals surface area contributed by atoms with E-state index in [0.29, 0.717) is 0 Å². The Bertz CT molecular complexity index is 319. The van der Waals surface area contributed by atoms with Gasteiger partial charge in [0.15, 0.2) is 0 Å². The molecule has 0 spiro atoms. The maximum atomic E-state index is 3.35. The molecule has 0 heterocycles. The second-order valence-corrected chi connectivity index (χ2v) is 8.92. The van der Waals surface area contributed by atoms with Gasteiger partial charge in [0.25, 0.3) is 0 Å². The summed E-state index contributed by atoms with van der Waals surface area (Å²) in [5.41, 5.74) is 0. The van der Waals surface area contributed by atoms with Crippen molar-refractivity contribution < 1.29 is 0 Å². The van der Waals surface area contributed by atoms with Gasteiger partial charge < -0.3 is 0 Å². The van der Waals surface area contributed by atoms with Crippen molar-refractivity contribution in [1.29, 1.82) is 0 Å². The van der Waals surface area contributed by atoms with Crippen LogP contribution in [0.15, 0.2) is 0 Å². The van der Waals surface area contributed by atoms with Gasteiger partial charge in [0.05, 0.1) is 0 Å². The second-order valence-electron chi connectivity index (χ2n) is 8.92. The van der Waals surface area contributed by atoms with Crippen LogP contribution in [0.25, 0.3) is 0 Å². The van der Waals surface area contributed by atoms with Crippen molar-refractivity contribution in [1.82, 2.24) is 0 Å². The van der Waals surface area contributed by atoms with Crippen LogP contribution >= 0.6 is 0 Å². The van der Waals surface area contributed by atoms with Crippen LogP contribution in [0.2, 0.25) is 0 Å². The molecular formula is C28H54. The van der Waals surface area contributed by atoms with Gasteiger partial charge in [-0.2, -0.15) is 0 Å². The first-order chi connectivity index (χ1) is 13.9. The van der Waals surface area contributed by atoms with E-state index in [1.54, 1.807) is 0 Å². The van der Waals surface area contributed by atoms with Gasteiger partial charge in [-0.15, -0.1) is 11.8 Å². The van der Waals surface area contributed by atoms with Gasteiger partial charge in [0.1, 0.15) is 0 Å². The molecule has 0 heteroatoms. The van der Waals surface area contributed by atoms with Crippen molar-refractivity contribution in [3.8, 4) is 11.8 Å². The molecule has 0 unspecified atom stereocenters. The molecule has 0 rings (SSSR count). The van der Waals surface area contributed by atoms with Crippen LogP contribution in [0.5, 0.6) is 0 Å². The normalized spacial score (nSPS) is 10.8. The standard InChI is InChI=1S/C28H54/c1-3-5-7-9-11-13-15-17-19-21-23-25-27-28-26-24-22-20-18-16-14-12-10-8-6-4-2/h3-11,13,15-28H2,1-2H3. The van der Waals surface area contributed by atoms with Gasteiger partial charge in [0, 0.05) is 12.8 Å². The highest BCUT2D eigenvalue weighted by molar-refractivity contribution is 4.98. The summed E-state index contributed by atoms with van der Waals surface area (Å²) in [6.07, 6.45) is 33.8. The van der Waals surface area contributed by atoms with Crippen LogP contribution < -0.4 is 0 Å². The molecule has 0 aliphatic rings. The highest BCUT2D eigenvalue weighted by Gasteiger charge is 1.95. The molecule has 0 N–H and O–H groups in total. The van der Waals surface area contributed by atoms with Crippen LogP contribution in [-0.4, -0.2) is 0 Å². The van der Waals surface area contributed by atoms with Crippen molar-refractivity contribution in [2.45, 2.75) is 168 Å². The van der Waals surface area contributed by atoms with E-state index in [2.05, 4.69) is 25.7 Å². The van der Waals surface area contributed by atoms with Crippen LogP contribution in [0.1, 0.15) is 168 Å². The molecular weight excluding hydrogens is 336 g/mol. The lowest BCUT2D eigenvalue weighted by molar-refractivity contribution is 0.524. The van der Waals surface area contributed by atoms with Gasteiger partial charge in [-0.1, -0.05) is 142 Å². The largest absolute Gasteiger partial charge is 0.103 e. The SMILES string of the molecule is CCCCCC#CCCCCCCCCCCCCCCCCCCCCC. The van der Waals surface area contributed by atoms with Crippen molar-refractivity contribution in [2.24, 2.45) is 0 Å².